The molecule has 4 rings (SSSR count). The van der Waals surface area contributed by atoms with Crippen molar-refractivity contribution in [3.63, 3.8) is 0 Å². The van der Waals surface area contributed by atoms with Crippen molar-refractivity contribution in [3.8, 4) is 5.75 Å². The monoisotopic (exact) mass is 482 g/mol. The van der Waals surface area contributed by atoms with Crippen molar-refractivity contribution in [1.29, 1.82) is 0 Å². The Labute approximate surface area is 194 Å². The topological polar surface area (TPSA) is 72.2 Å². The summed E-state index contributed by atoms with van der Waals surface area (Å²) in [6.07, 6.45) is -1.05. The number of nitrogens with one attached hydrogen (secondary N) is 1. The van der Waals surface area contributed by atoms with Crippen molar-refractivity contribution >= 4 is 22.6 Å². The van der Waals surface area contributed by atoms with Gasteiger partial charge in [0.05, 0.1) is 28.0 Å². The van der Waals surface area contributed by atoms with Crippen LogP contribution < -0.4 is 10.1 Å². The van der Waals surface area contributed by atoms with E-state index < -0.39 is 17.5 Å². The van der Waals surface area contributed by atoms with Crippen molar-refractivity contribution in [2.45, 2.75) is 63.5 Å². The molecule has 3 aromatic rings. The number of piperidine rings is 1. The van der Waals surface area contributed by atoms with Crippen LogP contribution >= 0.6 is 11.6 Å². The van der Waals surface area contributed by atoms with Gasteiger partial charge in [0.2, 0.25) is 0 Å². The molecule has 0 unspecified atom stereocenters. The first-order chi connectivity index (χ1) is 15.5. The van der Waals surface area contributed by atoms with Gasteiger partial charge < -0.3 is 19.7 Å². The minimum Gasteiger partial charge on any atom is -0.492 e. The van der Waals surface area contributed by atoms with E-state index in [-0.39, 0.29) is 31.2 Å². The molecule has 0 spiro atoms. The number of ether oxygens (including phenoxy) is 1. The average molecular weight is 483 g/mol. The van der Waals surface area contributed by atoms with Gasteiger partial charge in [-0.3, -0.25) is 4.98 Å². The Hall–Kier alpha value is -2.36. The van der Waals surface area contributed by atoms with Crippen molar-refractivity contribution in [3.05, 3.63) is 53.1 Å². The number of fused-ring (bicyclic) bond motifs is 1. The van der Waals surface area contributed by atoms with E-state index in [1.165, 1.54) is 6.07 Å². The SMILES string of the molecule is CC(C)n1cnc2cc(OC[C@@H]3C[C@](O)(c4ccc(C(F)(F)F)nc4)C[C@H](C)N3)cc(Cl)c21. The molecule has 1 saturated heterocycles. The second kappa shape index (κ2) is 8.77. The standard InChI is InChI=1S/C23H26ClF3N4O2/c1-13(2)31-12-29-19-7-17(6-18(24)21(19)31)33-11-16-9-22(32,8-14(3)30-16)15-4-5-20(28-10-15)23(25,26)27/h4-7,10,12-14,16,30,32H,8-9,11H2,1-3H3/t14-,16-,22-/m0/s1. The quantitative estimate of drug-likeness (QED) is 0.530. The lowest BCUT2D eigenvalue weighted by molar-refractivity contribution is -0.141. The van der Waals surface area contributed by atoms with Crippen LogP contribution in [-0.4, -0.2) is 38.3 Å². The third-order valence-corrected chi connectivity index (χ3v) is 6.23. The summed E-state index contributed by atoms with van der Waals surface area (Å²) in [4.78, 5) is 7.92. The van der Waals surface area contributed by atoms with Crippen LogP contribution in [0.4, 0.5) is 13.2 Å². The lowest BCUT2D eigenvalue weighted by atomic mass is 9.79. The molecule has 0 radical (unpaired) electrons. The summed E-state index contributed by atoms with van der Waals surface area (Å²) < 4.78 is 46.5. The molecule has 1 aliphatic heterocycles. The highest BCUT2D eigenvalue weighted by atomic mass is 35.5. The van der Waals surface area contributed by atoms with Gasteiger partial charge in [-0.25, -0.2) is 4.98 Å². The van der Waals surface area contributed by atoms with Crippen LogP contribution in [0, 0.1) is 0 Å². The lowest BCUT2D eigenvalue weighted by Crippen LogP contribution is -2.53. The average Bonchev–Trinajstić information content (AvgIpc) is 3.16. The van der Waals surface area contributed by atoms with Crippen LogP contribution in [0.25, 0.3) is 11.0 Å². The summed E-state index contributed by atoms with van der Waals surface area (Å²) in [5.41, 5.74) is -0.370. The number of imidazole rings is 1. The van der Waals surface area contributed by atoms with Crippen LogP contribution in [0.1, 0.15) is 50.9 Å². The number of benzene rings is 1. The van der Waals surface area contributed by atoms with E-state index in [1.807, 2.05) is 31.4 Å². The zero-order chi connectivity index (χ0) is 24.0. The first-order valence-corrected chi connectivity index (χ1v) is 11.1. The Bertz CT molecular complexity index is 1130. The Morgan fingerprint density at radius 1 is 1.27 bits per heavy atom. The van der Waals surface area contributed by atoms with Gasteiger partial charge in [0.1, 0.15) is 18.1 Å². The van der Waals surface area contributed by atoms with Gasteiger partial charge in [-0.05, 0) is 39.7 Å². The highest BCUT2D eigenvalue weighted by Crippen LogP contribution is 2.37. The third kappa shape index (κ3) is 4.95. The molecule has 0 saturated carbocycles. The summed E-state index contributed by atoms with van der Waals surface area (Å²) >= 11 is 6.48. The number of pyridine rings is 1. The number of hydrogen-bond acceptors (Lipinski definition) is 5. The largest absolute Gasteiger partial charge is 0.492 e. The predicted molar refractivity (Wildman–Crippen MR) is 119 cm³/mol. The molecule has 0 bridgehead atoms. The first-order valence-electron chi connectivity index (χ1n) is 10.8. The highest BCUT2D eigenvalue weighted by molar-refractivity contribution is 6.35. The van der Waals surface area contributed by atoms with Crippen LogP contribution in [0.2, 0.25) is 5.02 Å². The Morgan fingerprint density at radius 2 is 2.03 bits per heavy atom. The molecule has 0 aliphatic carbocycles. The number of nitrogens with zero attached hydrogens (tertiary/aromatic N) is 3. The molecule has 2 N–H and O–H groups in total. The van der Waals surface area contributed by atoms with Crippen LogP contribution in [0.5, 0.6) is 5.75 Å². The van der Waals surface area contributed by atoms with Gasteiger partial charge in [-0.15, -0.1) is 0 Å². The summed E-state index contributed by atoms with van der Waals surface area (Å²) in [6.45, 7) is 6.25. The van der Waals surface area contributed by atoms with Gasteiger partial charge in [-0.2, -0.15) is 13.2 Å². The molecular weight excluding hydrogens is 457 g/mol. The van der Waals surface area contributed by atoms with Gasteiger partial charge in [-0.1, -0.05) is 17.7 Å². The number of alkyl halides is 3. The second-order valence-electron chi connectivity index (χ2n) is 8.96. The van der Waals surface area contributed by atoms with E-state index in [9.17, 15) is 18.3 Å². The molecule has 1 aromatic carbocycles. The van der Waals surface area contributed by atoms with Crippen molar-refractivity contribution < 1.29 is 23.0 Å². The smallest absolute Gasteiger partial charge is 0.433 e. The van der Waals surface area contributed by atoms with Gasteiger partial charge in [0, 0.05) is 42.0 Å². The Morgan fingerprint density at radius 3 is 2.67 bits per heavy atom. The van der Waals surface area contributed by atoms with E-state index >= 15 is 0 Å². The third-order valence-electron chi connectivity index (χ3n) is 5.94. The molecule has 33 heavy (non-hydrogen) atoms. The number of aliphatic hydroxyl groups is 1. The van der Waals surface area contributed by atoms with Crippen molar-refractivity contribution in [2.75, 3.05) is 6.61 Å². The molecule has 3 heterocycles. The highest BCUT2D eigenvalue weighted by Gasteiger charge is 2.40. The van der Waals surface area contributed by atoms with E-state index in [0.717, 1.165) is 23.3 Å². The minimum atomic E-state index is -4.52. The van der Waals surface area contributed by atoms with Crippen LogP contribution in [-0.2, 0) is 11.8 Å². The fourth-order valence-electron chi connectivity index (χ4n) is 4.47. The molecule has 3 atom stereocenters. The summed E-state index contributed by atoms with van der Waals surface area (Å²) in [7, 11) is 0. The molecule has 6 nitrogen and oxygen atoms in total. The Kier molecular flexibility index (Phi) is 6.32. The Balaban J connectivity index is 1.49. The molecule has 2 aromatic heterocycles. The van der Waals surface area contributed by atoms with E-state index in [1.54, 1.807) is 12.4 Å². The molecule has 0 amide bonds. The number of aromatic nitrogens is 3. The van der Waals surface area contributed by atoms with E-state index in [0.29, 0.717) is 22.8 Å². The number of rotatable bonds is 5. The summed E-state index contributed by atoms with van der Waals surface area (Å²) in [5.74, 6) is 0.557. The molecule has 10 heteroatoms. The number of hydrogen-bond donors (Lipinski definition) is 2. The van der Waals surface area contributed by atoms with Crippen LogP contribution in [0.15, 0.2) is 36.8 Å². The second-order valence-corrected chi connectivity index (χ2v) is 9.37. The maximum Gasteiger partial charge on any atom is 0.433 e. The minimum absolute atomic E-state index is 0.0764. The fraction of sp³-hybridized carbons (Fsp3) is 0.478. The maximum absolute atomic E-state index is 12.8. The maximum atomic E-state index is 12.8. The summed E-state index contributed by atoms with van der Waals surface area (Å²) in [6, 6.07) is 5.66. The van der Waals surface area contributed by atoms with Gasteiger partial charge in [0.25, 0.3) is 0 Å². The van der Waals surface area contributed by atoms with Crippen molar-refractivity contribution in [2.24, 2.45) is 0 Å². The molecule has 178 valence electrons. The summed E-state index contributed by atoms with van der Waals surface area (Å²) in [5, 5.41) is 15.2. The van der Waals surface area contributed by atoms with Crippen LogP contribution in [0.3, 0.4) is 0 Å². The normalized spacial score (nSPS) is 23.9. The zero-order valence-corrected chi connectivity index (χ0v) is 19.3. The molecule has 1 aliphatic rings. The fourth-order valence-corrected chi connectivity index (χ4v) is 4.77. The molecule has 1 fully saturated rings. The van der Waals surface area contributed by atoms with Crippen molar-refractivity contribution in [1.82, 2.24) is 19.9 Å². The predicted octanol–water partition coefficient (Wildman–Crippen LogP) is 5.09. The molecular formula is C23H26ClF3N4O2. The van der Waals surface area contributed by atoms with E-state index in [2.05, 4.69) is 15.3 Å². The van der Waals surface area contributed by atoms with E-state index in [4.69, 9.17) is 16.3 Å². The van der Waals surface area contributed by atoms with Gasteiger partial charge >= 0.3 is 6.18 Å². The first kappa shape index (κ1) is 23.8. The lowest BCUT2D eigenvalue weighted by Gasteiger charge is -2.41. The van der Waals surface area contributed by atoms with Gasteiger partial charge in [0.15, 0.2) is 0 Å². The number of halogens is 4. The zero-order valence-electron chi connectivity index (χ0n) is 18.5.